The van der Waals surface area contributed by atoms with E-state index in [-0.39, 0.29) is 0 Å². The van der Waals surface area contributed by atoms with E-state index in [1.165, 1.54) is 0 Å². The van der Waals surface area contributed by atoms with Gasteiger partial charge in [-0.3, -0.25) is 4.79 Å². The number of hydrogen-bond donors (Lipinski definition) is 0. The van der Waals surface area contributed by atoms with Crippen LogP contribution in [0.15, 0.2) is 28.1 Å². The van der Waals surface area contributed by atoms with E-state index >= 15 is 0 Å². The third-order valence-corrected chi connectivity index (χ3v) is 4.77. The highest BCUT2D eigenvalue weighted by molar-refractivity contribution is 9.11. The van der Waals surface area contributed by atoms with Gasteiger partial charge in [-0.15, -0.1) is 21.5 Å². The molecule has 1 aliphatic rings. The first-order valence-corrected chi connectivity index (χ1v) is 7.69. The quantitative estimate of drug-likeness (QED) is 0.844. The summed E-state index contributed by atoms with van der Waals surface area (Å²) in [5.74, 6) is 1.19. The summed E-state index contributed by atoms with van der Waals surface area (Å²) >= 11 is 5.08. The molecule has 4 nitrogen and oxygen atoms in total. The second-order valence-electron chi connectivity index (χ2n) is 4.41. The highest BCUT2D eigenvalue weighted by Gasteiger charge is 2.17. The number of rotatable bonds is 2. The van der Waals surface area contributed by atoms with E-state index in [4.69, 9.17) is 0 Å². The van der Waals surface area contributed by atoms with E-state index in [1.54, 1.807) is 11.3 Å². The molecule has 1 fully saturated rings. The van der Waals surface area contributed by atoms with Crippen LogP contribution in [0.2, 0.25) is 0 Å². The van der Waals surface area contributed by atoms with Gasteiger partial charge in [-0.1, -0.05) is 0 Å². The van der Waals surface area contributed by atoms with Crippen LogP contribution in [0.3, 0.4) is 0 Å². The fourth-order valence-corrected chi connectivity index (χ4v) is 3.41. The van der Waals surface area contributed by atoms with Crippen molar-refractivity contribution in [3.8, 4) is 10.6 Å². The molecule has 0 bridgehead atoms. The van der Waals surface area contributed by atoms with Crippen molar-refractivity contribution in [2.24, 2.45) is 0 Å². The van der Waals surface area contributed by atoms with Gasteiger partial charge in [0.1, 0.15) is 11.5 Å². The summed E-state index contributed by atoms with van der Waals surface area (Å²) in [5, 5.41) is 8.54. The monoisotopic (exact) mass is 337 g/mol. The van der Waals surface area contributed by atoms with Gasteiger partial charge in [-0.05, 0) is 40.2 Å². The lowest BCUT2D eigenvalue weighted by Crippen LogP contribution is -2.34. The summed E-state index contributed by atoms with van der Waals surface area (Å²) < 4.78 is 1.09. The Morgan fingerprint density at radius 3 is 2.47 bits per heavy atom. The standard InChI is InChI=1S/C13H12BrN3OS/c14-12-3-2-11(19-12)10-1-4-13(16-15-10)17-7-5-9(18)6-8-17/h1-4H,5-8H2. The van der Waals surface area contributed by atoms with E-state index in [0.29, 0.717) is 18.6 Å². The van der Waals surface area contributed by atoms with Crippen molar-refractivity contribution in [2.45, 2.75) is 12.8 Å². The number of halogens is 1. The molecule has 0 radical (unpaired) electrons. The summed E-state index contributed by atoms with van der Waals surface area (Å²) in [6, 6.07) is 7.99. The van der Waals surface area contributed by atoms with Crippen LogP contribution >= 0.6 is 27.3 Å². The molecular weight excluding hydrogens is 326 g/mol. The molecule has 0 unspecified atom stereocenters. The fraction of sp³-hybridized carbons (Fsp3) is 0.308. The molecule has 2 aromatic heterocycles. The van der Waals surface area contributed by atoms with Crippen LogP contribution in [0.1, 0.15) is 12.8 Å². The molecule has 0 aromatic carbocycles. The Labute approximate surface area is 123 Å². The van der Waals surface area contributed by atoms with Crippen molar-refractivity contribution in [1.29, 1.82) is 0 Å². The van der Waals surface area contributed by atoms with E-state index in [0.717, 1.165) is 33.3 Å². The third kappa shape index (κ3) is 2.84. The molecule has 3 rings (SSSR count). The Hall–Kier alpha value is -1.27. The van der Waals surface area contributed by atoms with Gasteiger partial charge in [0.25, 0.3) is 0 Å². The van der Waals surface area contributed by atoms with Crippen LogP contribution in [0, 0.1) is 0 Å². The molecule has 0 amide bonds. The predicted octanol–water partition coefficient (Wildman–Crippen LogP) is 3.14. The normalized spacial score (nSPS) is 15.8. The molecule has 1 saturated heterocycles. The summed E-state index contributed by atoms with van der Waals surface area (Å²) in [7, 11) is 0. The van der Waals surface area contributed by atoms with E-state index in [2.05, 4.69) is 31.0 Å². The molecule has 0 saturated carbocycles. The minimum atomic E-state index is 0.337. The van der Waals surface area contributed by atoms with Crippen molar-refractivity contribution in [3.05, 3.63) is 28.1 Å². The van der Waals surface area contributed by atoms with Crippen molar-refractivity contribution in [1.82, 2.24) is 10.2 Å². The first kappa shape index (κ1) is 12.7. The Morgan fingerprint density at radius 2 is 1.89 bits per heavy atom. The minimum absolute atomic E-state index is 0.337. The summed E-state index contributed by atoms with van der Waals surface area (Å²) in [4.78, 5) is 14.4. The number of nitrogens with zero attached hydrogens (tertiary/aromatic N) is 3. The molecular formula is C13H12BrN3OS. The lowest BCUT2D eigenvalue weighted by Gasteiger charge is -2.26. The van der Waals surface area contributed by atoms with Crippen LogP contribution in [0.25, 0.3) is 10.6 Å². The van der Waals surface area contributed by atoms with E-state index < -0.39 is 0 Å². The molecule has 0 aliphatic carbocycles. The largest absolute Gasteiger partial charge is 0.354 e. The number of hydrogen-bond acceptors (Lipinski definition) is 5. The van der Waals surface area contributed by atoms with E-state index in [1.807, 2.05) is 24.3 Å². The zero-order valence-corrected chi connectivity index (χ0v) is 12.6. The summed E-state index contributed by atoms with van der Waals surface area (Å²) in [6.07, 6.45) is 1.22. The molecule has 0 atom stereocenters. The van der Waals surface area contributed by atoms with Crippen molar-refractivity contribution < 1.29 is 4.79 Å². The summed E-state index contributed by atoms with van der Waals surface area (Å²) in [5.41, 5.74) is 0.882. The second-order valence-corrected chi connectivity index (χ2v) is 6.87. The molecule has 19 heavy (non-hydrogen) atoms. The number of piperidine rings is 1. The molecule has 3 heterocycles. The lowest BCUT2D eigenvalue weighted by atomic mass is 10.1. The van der Waals surface area contributed by atoms with Crippen LogP contribution in [0.5, 0.6) is 0 Å². The average molecular weight is 338 g/mol. The Bertz CT molecular complexity index is 586. The van der Waals surface area contributed by atoms with Crippen LogP contribution in [0.4, 0.5) is 5.82 Å². The molecule has 6 heteroatoms. The second kappa shape index (κ2) is 5.38. The van der Waals surface area contributed by atoms with Gasteiger partial charge in [0.2, 0.25) is 0 Å². The number of carbonyl (C=O) groups excluding carboxylic acids is 1. The minimum Gasteiger partial charge on any atom is -0.354 e. The first-order chi connectivity index (χ1) is 9.22. The predicted molar refractivity (Wildman–Crippen MR) is 79.5 cm³/mol. The molecule has 98 valence electrons. The number of anilines is 1. The Morgan fingerprint density at radius 1 is 1.11 bits per heavy atom. The Balaban J connectivity index is 1.77. The molecule has 0 N–H and O–H groups in total. The van der Waals surface area contributed by atoms with Crippen molar-refractivity contribution in [2.75, 3.05) is 18.0 Å². The highest BCUT2D eigenvalue weighted by atomic mass is 79.9. The number of ketones is 1. The van der Waals surface area contributed by atoms with Crippen LogP contribution < -0.4 is 4.90 Å². The zero-order valence-electron chi connectivity index (χ0n) is 10.2. The zero-order chi connectivity index (χ0) is 13.2. The lowest BCUT2D eigenvalue weighted by molar-refractivity contribution is -0.119. The van der Waals surface area contributed by atoms with Gasteiger partial charge in [-0.25, -0.2) is 0 Å². The maximum Gasteiger partial charge on any atom is 0.151 e. The fourth-order valence-electron chi connectivity index (χ4n) is 2.06. The van der Waals surface area contributed by atoms with Crippen LogP contribution in [-0.4, -0.2) is 29.1 Å². The maximum atomic E-state index is 11.2. The third-order valence-electron chi connectivity index (χ3n) is 3.12. The van der Waals surface area contributed by atoms with Crippen molar-refractivity contribution >= 4 is 38.9 Å². The van der Waals surface area contributed by atoms with Gasteiger partial charge in [0.05, 0.1) is 8.66 Å². The van der Waals surface area contributed by atoms with Gasteiger partial charge < -0.3 is 4.90 Å². The van der Waals surface area contributed by atoms with E-state index in [9.17, 15) is 4.79 Å². The smallest absolute Gasteiger partial charge is 0.151 e. The average Bonchev–Trinajstić information content (AvgIpc) is 2.87. The molecule has 2 aromatic rings. The number of aromatic nitrogens is 2. The topological polar surface area (TPSA) is 46.1 Å². The van der Waals surface area contributed by atoms with Gasteiger partial charge in [0.15, 0.2) is 5.82 Å². The van der Waals surface area contributed by atoms with Crippen LogP contribution in [-0.2, 0) is 4.79 Å². The molecule has 1 aliphatic heterocycles. The molecule has 0 spiro atoms. The number of thiophene rings is 1. The summed E-state index contributed by atoms with van der Waals surface area (Å²) in [6.45, 7) is 1.49. The maximum absolute atomic E-state index is 11.2. The first-order valence-electron chi connectivity index (χ1n) is 6.08. The van der Waals surface area contributed by atoms with Crippen molar-refractivity contribution in [3.63, 3.8) is 0 Å². The highest BCUT2D eigenvalue weighted by Crippen LogP contribution is 2.30. The SMILES string of the molecule is O=C1CCN(c2ccc(-c3ccc(Br)s3)nn2)CC1. The van der Waals surface area contributed by atoms with Gasteiger partial charge >= 0.3 is 0 Å². The number of carbonyl (C=O) groups is 1. The Kier molecular flexibility index (Phi) is 3.61. The van der Waals surface area contributed by atoms with Gasteiger partial charge in [0, 0.05) is 25.9 Å². The number of Topliss-reactive ketones (excluding diaryl/α,β-unsaturated/α-hetero) is 1. The van der Waals surface area contributed by atoms with Gasteiger partial charge in [-0.2, -0.15) is 0 Å².